The number of benzene rings is 1. The van der Waals surface area contributed by atoms with Crippen LogP contribution in [0.4, 0.5) is 0 Å². The molecule has 0 spiro atoms. The van der Waals surface area contributed by atoms with Crippen LogP contribution >= 0.6 is 0 Å². The molecule has 2 N–H and O–H groups in total. The largest absolute Gasteiger partial charge is 0.496 e. The van der Waals surface area contributed by atoms with E-state index < -0.39 is 0 Å². The topological polar surface area (TPSA) is 35.2 Å². The summed E-state index contributed by atoms with van der Waals surface area (Å²) >= 11 is 0. The van der Waals surface area contributed by atoms with Crippen molar-refractivity contribution in [1.82, 2.24) is 0 Å². The Labute approximate surface area is 111 Å². The molecular weight excluding hydrogens is 222 g/mol. The van der Waals surface area contributed by atoms with Gasteiger partial charge in [-0.1, -0.05) is 38.3 Å². The summed E-state index contributed by atoms with van der Waals surface area (Å²) < 4.78 is 5.54. The van der Waals surface area contributed by atoms with Crippen LogP contribution in [0.2, 0.25) is 0 Å². The second kappa shape index (κ2) is 6.24. The molecule has 1 aliphatic rings. The highest BCUT2D eigenvalue weighted by atomic mass is 16.5. The Balaban J connectivity index is 2.29. The summed E-state index contributed by atoms with van der Waals surface area (Å²) in [4.78, 5) is 0. The van der Waals surface area contributed by atoms with Crippen molar-refractivity contribution in [3.8, 4) is 5.75 Å². The van der Waals surface area contributed by atoms with Crippen LogP contribution in [0.3, 0.4) is 0 Å². The third-order valence-corrected chi connectivity index (χ3v) is 4.22. The summed E-state index contributed by atoms with van der Waals surface area (Å²) in [6, 6.07) is 6.60. The molecule has 100 valence electrons. The number of hydrogen-bond donors (Lipinski definition) is 1. The van der Waals surface area contributed by atoms with E-state index in [9.17, 15) is 0 Å². The minimum atomic E-state index is 0.429. The molecule has 2 nitrogen and oxygen atoms in total. The fourth-order valence-corrected chi connectivity index (χ4v) is 2.93. The van der Waals surface area contributed by atoms with Gasteiger partial charge in [0.05, 0.1) is 7.11 Å². The molecule has 0 radical (unpaired) electrons. The first-order chi connectivity index (χ1) is 8.76. The third-order valence-electron chi connectivity index (χ3n) is 4.22. The minimum absolute atomic E-state index is 0.429. The van der Waals surface area contributed by atoms with Crippen LogP contribution < -0.4 is 10.5 Å². The maximum absolute atomic E-state index is 5.77. The van der Waals surface area contributed by atoms with Crippen LogP contribution in [-0.4, -0.2) is 13.7 Å². The summed E-state index contributed by atoms with van der Waals surface area (Å²) in [5.74, 6) is 2.16. The van der Waals surface area contributed by atoms with Gasteiger partial charge in [0.25, 0.3) is 0 Å². The summed E-state index contributed by atoms with van der Waals surface area (Å²) in [6.07, 6.45) is 6.69. The molecule has 2 rings (SSSR count). The van der Waals surface area contributed by atoms with Crippen molar-refractivity contribution >= 4 is 0 Å². The quantitative estimate of drug-likeness (QED) is 0.878. The number of ether oxygens (including phenoxy) is 1. The Kier molecular flexibility index (Phi) is 4.65. The van der Waals surface area contributed by atoms with Gasteiger partial charge in [-0.2, -0.15) is 0 Å². The molecule has 1 aliphatic carbocycles. The summed E-state index contributed by atoms with van der Waals surface area (Å²) in [7, 11) is 1.77. The van der Waals surface area contributed by atoms with Gasteiger partial charge >= 0.3 is 0 Å². The molecule has 1 aromatic rings. The highest BCUT2D eigenvalue weighted by molar-refractivity contribution is 5.41. The highest BCUT2D eigenvalue weighted by Gasteiger charge is 2.20. The van der Waals surface area contributed by atoms with Gasteiger partial charge in [0.1, 0.15) is 5.75 Å². The average molecular weight is 247 g/mol. The van der Waals surface area contributed by atoms with Crippen LogP contribution in [0, 0.1) is 0 Å². The van der Waals surface area contributed by atoms with Crippen molar-refractivity contribution in [2.45, 2.75) is 50.9 Å². The molecule has 1 saturated carbocycles. The molecule has 0 aliphatic heterocycles. The predicted molar refractivity (Wildman–Crippen MR) is 76.3 cm³/mol. The van der Waals surface area contributed by atoms with Crippen molar-refractivity contribution in [3.63, 3.8) is 0 Å². The van der Waals surface area contributed by atoms with Crippen molar-refractivity contribution in [2.24, 2.45) is 5.73 Å². The molecule has 0 heterocycles. The van der Waals surface area contributed by atoms with Crippen LogP contribution in [0.15, 0.2) is 18.2 Å². The van der Waals surface area contributed by atoms with Gasteiger partial charge in [0, 0.05) is 0 Å². The van der Waals surface area contributed by atoms with Gasteiger partial charge in [-0.3, -0.25) is 0 Å². The fourth-order valence-electron chi connectivity index (χ4n) is 2.93. The average Bonchev–Trinajstić information content (AvgIpc) is 2.46. The zero-order valence-corrected chi connectivity index (χ0v) is 11.6. The van der Waals surface area contributed by atoms with E-state index in [1.54, 1.807) is 7.11 Å². The van der Waals surface area contributed by atoms with Crippen LogP contribution in [0.25, 0.3) is 0 Å². The number of rotatable bonds is 4. The molecule has 1 aromatic carbocycles. The normalized spacial score (nSPS) is 18.6. The summed E-state index contributed by atoms with van der Waals surface area (Å²) in [5.41, 5.74) is 8.52. The van der Waals surface area contributed by atoms with E-state index in [4.69, 9.17) is 10.5 Å². The Morgan fingerprint density at radius 1 is 1.28 bits per heavy atom. The minimum Gasteiger partial charge on any atom is -0.496 e. The number of nitrogens with two attached hydrogens (primary N) is 1. The Morgan fingerprint density at radius 3 is 2.61 bits per heavy atom. The van der Waals surface area contributed by atoms with Crippen molar-refractivity contribution in [1.29, 1.82) is 0 Å². The van der Waals surface area contributed by atoms with Gasteiger partial charge in [-0.15, -0.1) is 0 Å². The van der Waals surface area contributed by atoms with E-state index >= 15 is 0 Å². The van der Waals surface area contributed by atoms with E-state index in [2.05, 4.69) is 25.1 Å². The van der Waals surface area contributed by atoms with E-state index in [1.165, 1.54) is 43.2 Å². The van der Waals surface area contributed by atoms with E-state index in [0.29, 0.717) is 18.4 Å². The number of methoxy groups -OCH3 is 1. The lowest BCUT2D eigenvalue weighted by Crippen LogP contribution is -2.11. The summed E-state index contributed by atoms with van der Waals surface area (Å²) in [6.45, 7) is 2.89. The second-order valence-corrected chi connectivity index (χ2v) is 5.47. The van der Waals surface area contributed by atoms with Crippen molar-refractivity contribution in [3.05, 3.63) is 29.3 Å². The van der Waals surface area contributed by atoms with E-state index in [0.717, 1.165) is 5.75 Å². The molecule has 0 bridgehead atoms. The lowest BCUT2D eigenvalue weighted by Gasteiger charge is -2.25. The SMILES string of the molecule is COc1ccc(C(C)CN)cc1C1CCCCC1. The molecule has 0 aromatic heterocycles. The Hall–Kier alpha value is -1.02. The van der Waals surface area contributed by atoms with Crippen molar-refractivity contribution < 1.29 is 4.74 Å². The highest BCUT2D eigenvalue weighted by Crippen LogP contribution is 2.38. The van der Waals surface area contributed by atoms with Crippen molar-refractivity contribution in [2.75, 3.05) is 13.7 Å². The van der Waals surface area contributed by atoms with E-state index in [1.807, 2.05) is 0 Å². The first kappa shape index (κ1) is 13.4. The predicted octanol–water partition coefficient (Wildman–Crippen LogP) is 3.81. The lowest BCUT2D eigenvalue weighted by atomic mass is 9.82. The first-order valence-corrected chi connectivity index (χ1v) is 7.14. The molecular formula is C16H25NO. The Bertz CT molecular complexity index is 383. The smallest absolute Gasteiger partial charge is 0.122 e. The third kappa shape index (κ3) is 2.86. The van der Waals surface area contributed by atoms with E-state index in [-0.39, 0.29) is 0 Å². The lowest BCUT2D eigenvalue weighted by molar-refractivity contribution is 0.386. The maximum atomic E-state index is 5.77. The molecule has 0 saturated heterocycles. The van der Waals surface area contributed by atoms with Gasteiger partial charge in [0.2, 0.25) is 0 Å². The van der Waals surface area contributed by atoms with Crippen LogP contribution in [0.5, 0.6) is 5.75 Å². The van der Waals surface area contributed by atoms with Gasteiger partial charge in [-0.05, 0) is 48.4 Å². The monoisotopic (exact) mass is 247 g/mol. The molecule has 1 atom stereocenters. The first-order valence-electron chi connectivity index (χ1n) is 7.14. The maximum Gasteiger partial charge on any atom is 0.122 e. The summed E-state index contributed by atoms with van der Waals surface area (Å²) in [5, 5.41) is 0. The molecule has 18 heavy (non-hydrogen) atoms. The van der Waals surface area contributed by atoms with Crippen LogP contribution in [0.1, 0.15) is 62.0 Å². The van der Waals surface area contributed by atoms with Crippen LogP contribution in [-0.2, 0) is 0 Å². The second-order valence-electron chi connectivity index (χ2n) is 5.47. The molecule has 0 amide bonds. The zero-order chi connectivity index (χ0) is 13.0. The molecule has 2 heteroatoms. The standard InChI is InChI=1S/C16H25NO/c1-12(11-17)14-8-9-16(18-2)15(10-14)13-6-4-3-5-7-13/h8-10,12-13H,3-7,11,17H2,1-2H3. The fraction of sp³-hybridized carbons (Fsp3) is 0.625. The zero-order valence-electron chi connectivity index (χ0n) is 11.6. The Morgan fingerprint density at radius 2 is 2.00 bits per heavy atom. The van der Waals surface area contributed by atoms with Gasteiger partial charge in [0.15, 0.2) is 0 Å². The number of hydrogen-bond acceptors (Lipinski definition) is 2. The van der Waals surface area contributed by atoms with Gasteiger partial charge in [-0.25, -0.2) is 0 Å². The molecule has 1 unspecified atom stereocenters. The molecule has 1 fully saturated rings. The van der Waals surface area contributed by atoms with Gasteiger partial charge < -0.3 is 10.5 Å².